The number of hydrogen-bond donors (Lipinski definition) is 2. The average molecular weight is 182 g/mol. The zero-order valence-corrected chi connectivity index (χ0v) is 7.83. The van der Waals surface area contributed by atoms with Gasteiger partial charge in [0.05, 0.1) is 26.2 Å². The highest BCUT2D eigenvalue weighted by Crippen LogP contribution is 1.62. The normalized spacial score (nSPS) is 14.9. The van der Waals surface area contributed by atoms with Crippen LogP contribution < -0.4 is 10.6 Å². The second-order valence-electron chi connectivity index (χ2n) is 2.41. The van der Waals surface area contributed by atoms with Gasteiger partial charge in [-0.3, -0.25) is 10.6 Å². The zero-order chi connectivity index (χ0) is 9.90. The summed E-state index contributed by atoms with van der Waals surface area (Å²) in [7, 11) is 0. The van der Waals surface area contributed by atoms with E-state index in [4.69, 9.17) is 0 Å². The van der Waals surface area contributed by atoms with Gasteiger partial charge in [0.1, 0.15) is 0 Å². The molecule has 1 aliphatic rings. The summed E-state index contributed by atoms with van der Waals surface area (Å²) in [6, 6.07) is 0. The molecule has 0 aliphatic carbocycles. The molecule has 2 nitrogen and oxygen atoms in total. The molecule has 1 rings (SSSR count). The molecule has 14 heavy (non-hydrogen) atoms. The summed E-state index contributed by atoms with van der Waals surface area (Å²) in [5.41, 5.74) is 0. The first-order valence-electron chi connectivity index (χ1n) is 4.33. The zero-order valence-electron chi connectivity index (χ0n) is 7.83. The minimum Gasteiger partial charge on any atom is -0.295 e. The standard InChI is InChI=1S/C12H10N2/c1-2-6-10-14-12-8-4-3-7-11-13-9-5-1/h13-14H,9-12H2. The second-order valence-corrected chi connectivity index (χ2v) is 2.41. The van der Waals surface area contributed by atoms with E-state index >= 15 is 0 Å². The molecule has 2 N–H and O–H groups in total. The van der Waals surface area contributed by atoms with Gasteiger partial charge in [0.15, 0.2) is 0 Å². The van der Waals surface area contributed by atoms with Gasteiger partial charge in [-0.05, 0) is 23.7 Å². The van der Waals surface area contributed by atoms with Crippen LogP contribution in [0.25, 0.3) is 0 Å². The Labute approximate surface area is 84.8 Å². The third-order valence-corrected chi connectivity index (χ3v) is 1.33. The summed E-state index contributed by atoms with van der Waals surface area (Å²) in [5.74, 6) is 22.5. The van der Waals surface area contributed by atoms with Crippen molar-refractivity contribution in [3.05, 3.63) is 0 Å². The van der Waals surface area contributed by atoms with Gasteiger partial charge in [0, 0.05) is 0 Å². The van der Waals surface area contributed by atoms with Crippen LogP contribution >= 0.6 is 0 Å². The third kappa shape index (κ3) is 5.77. The lowest BCUT2D eigenvalue weighted by molar-refractivity contribution is 0.870. The molecule has 0 bridgehead atoms. The molecule has 0 aromatic rings. The van der Waals surface area contributed by atoms with E-state index in [1.54, 1.807) is 0 Å². The Hall–Kier alpha value is -1.84. The van der Waals surface area contributed by atoms with Crippen molar-refractivity contribution in [2.24, 2.45) is 0 Å². The Bertz CT molecular complexity index is 322. The first-order valence-corrected chi connectivity index (χ1v) is 4.33. The largest absolute Gasteiger partial charge is 0.295 e. The molecular formula is C12H10N2. The summed E-state index contributed by atoms with van der Waals surface area (Å²) >= 11 is 0. The van der Waals surface area contributed by atoms with Gasteiger partial charge in [0.25, 0.3) is 0 Å². The van der Waals surface area contributed by atoms with E-state index in [0.717, 1.165) is 0 Å². The Kier molecular flexibility index (Phi) is 5.70. The first kappa shape index (κ1) is 10.2. The molecule has 0 unspecified atom stereocenters. The van der Waals surface area contributed by atoms with Crippen LogP contribution in [0.2, 0.25) is 0 Å². The molecule has 1 heterocycles. The molecule has 0 saturated heterocycles. The van der Waals surface area contributed by atoms with E-state index in [1.807, 2.05) is 0 Å². The molecule has 2 heteroatoms. The molecule has 68 valence electrons. The molecule has 0 aromatic heterocycles. The van der Waals surface area contributed by atoms with Gasteiger partial charge in [-0.25, -0.2) is 0 Å². The molecule has 1 aliphatic heterocycles. The third-order valence-electron chi connectivity index (χ3n) is 1.33. The van der Waals surface area contributed by atoms with E-state index in [2.05, 4.69) is 58.0 Å². The Balaban J connectivity index is 2.47. The van der Waals surface area contributed by atoms with Crippen LogP contribution in [0.3, 0.4) is 0 Å². The SMILES string of the molecule is C1#CCNCC#CC#CCNCC#C1. The van der Waals surface area contributed by atoms with Gasteiger partial charge in [-0.15, -0.1) is 0 Å². The molecular weight excluding hydrogens is 172 g/mol. The van der Waals surface area contributed by atoms with Crippen LogP contribution in [-0.4, -0.2) is 26.2 Å². The molecule has 0 spiro atoms. The minimum atomic E-state index is 0.615. The summed E-state index contributed by atoms with van der Waals surface area (Å²) < 4.78 is 0. The van der Waals surface area contributed by atoms with Crippen molar-refractivity contribution in [3.63, 3.8) is 0 Å². The highest BCUT2D eigenvalue weighted by atomic mass is 14.8. The van der Waals surface area contributed by atoms with Gasteiger partial charge >= 0.3 is 0 Å². The van der Waals surface area contributed by atoms with E-state index in [-0.39, 0.29) is 0 Å². The van der Waals surface area contributed by atoms with Gasteiger partial charge in [-0.1, -0.05) is 23.7 Å². The van der Waals surface area contributed by atoms with Crippen LogP contribution in [0.15, 0.2) is 0 Å². The van der Waals surface area contributed by atoms with Crippen LogP contribution in [0.4, 0.5) is 0 Å². The predicted molar refractivity (Wildman–Crippen MR) is 56.8 cm³/mol. The van der Waals surface area contributed by atoms with Crippen LogP contribution in [0.1, 0.15) is 0 Å². The fourth-order valence-corrected chi connectivity index (χ4v) is 0.729. The lowest BCUT2D eigenvalue weighted by Crippen LogP contribution is -2.14. The lowest BCUT2D eigenvalue weighted by Gasteiger charge is -1.89. The first-order chi connectivity index (χ1) is 7.00. The van der Waals surface area contributed by atoms with Crippen LogP contribution in [0.5, 0.6) is 0 Å². The molecule has 0 saturated carbocycles. The summed E-state index contributed by atoms with van der Waals surface area (Å²) in [6.07, 6.45) is 0. The second kappa shape index (κ2) is 7.79. The van der Waals surface area contributed by atoms with Crippen molar-refractivity contribution in [2.45, 2.75) is 0 Å². The number of rotatable bonds is 0. The topological polar surface area (TPSA) is 24.1 Å². The van der Waals surface area contributed by atoms with Crippen molar-refractivity contribution in [1.29, 1.82) is 0 Å². The highest BCUT2D eigenvalue weighted by Gasteiger charge is 1.76. The van der Waals surface area contributed by atoms with Gasteiger partial charge < -0.3 is 0 Å². The molecule has 0 atom stereocenters. The van der Waals surface area contributed by atoms with E-state index < -0.39 is 0 Å². The Morgan fingerprint density at radius 1 is 0.500 bits per heavy atom. The maximum absolute atomic E-state index is 3.04. The van der Waals surface area contributed by atoms with Crippen LogP contribution in [0, 0.1) is 47.4 Å². The van der Waals surface area contributed by atoms with Crippen molar-refractivity contribution in [2.75, 3.05) is 26.2 Å². The molecule has 0 amide bonds. The lowest BCUT2D eigenvalue weighted by atomic mass is 10.4. The number of nitrogens with one attached hydrogen (secondary N) is 2. The van der Waals surface area contributed by atoms with Gasteiger partial charge in [0.2, 0.25) is 0 Å². The maximum Gasteiger partial charge on any atom is 0.0594 e. The van der Waals surface area contributed by atoms with Gasteiger partial charge in [-0.2, -0.15) is 0 Å². The quantitative estimate of drug-likeness (QED) is 0.479. The summed E-state index contributed by atoms with van der Waals surface area (Å²) in [6.45, 7) is 2.46. The fourth-order valence-electron chi connectivity index (χ4n) is 0.729. The average Bonchev–Trinajstić information content (AvgIpc) is 2.22. The summed E-state index contributed by atoms with van der Waals surface area (Å²) in [4.78, 5) is 0. The smallest absolute Gasteiger partial charge is 0.0594 e. The highest BCUT2D eigenvalue weighted by molar-refractivity contribution is 5.29. The Morgan fingerprint density at radius 2 is 0.786 bits per heavy atom. The molecule has 0 aromatic carbocycles. The molecule has 0 fully saturated rings. The molecule has 0 radical (unpaired) electrons. The van der Waals surface area contributed by atoms with Crippen molar-refractivity contribution >= 4 is 0 Å². The number of hydrogen-bond acceptors (Lipinski definition) is 2. The fraction of sp³-hybridized carbons (Fsp3) is 0.333. The predicted octanol–water partition coefficient (Wildman–Crippen LogP) is -0.807. The van der Waals surface area contributed by atoms with E-state index in [1.165, 1.54) is 0 Å². The summed E-state index contributed by atoms with van der Waals surface area (Å²) in [5, 5.41) is 6.08. The van der Waals surface area contributed by atoms with Crippen LogP contribution in [-0.2, 0) is 0 Å². The maximum atomic E-state index is 3.04. The van der Waals surface area contributed by atoms with Crippen molar-refractivity contribution in [3.8, 4) is 47.4 Å². The Morgan fingerprint density at radius 3 is 1.07 bits per heavy atom. The van der Waals surface area contributed by atoms with Crippen molar-refractivity contribution < 1.29 is 0 Å². The minimum absolute atomic E-state index is 0.615. The van der Waals surface area contributed by atoms with E-state index in [9.17, 15) is 0 Å². The monoisotopic (exact) mass is 182 g/mol. The van der Waals surface area contributed by atoms with Crippen molar-refractivity contribution in [1.82, 2.24) is 10.6 Å². The van der Waals surface area contributed by atoms with E-state index in [0.29, 0.717) is 26.2 Å².